The highest BCUT2D eigenvalue weighted by molar-refractivity contribution is 7.16. The monoisotopic (exact) mass is 325 g/mol. The van der Waals surface area contributed by atoms with Crippen molar-refractivity contribution < 1.29 is 14.3 Å². The van der Waals surface area contributed by atoms with Crippen molar-refractivity contribution in [3.8, 4) is 10.6 Å². The highest BCUT2D eigenvalue weighted by atomic mass is 32.1. The van der Waals surface area contributed by atoms with Crippen LogP contribution in [0.15, 0.2) is 17.5 Å². The van der Waals surface area contributed by atoms with Crippen LogP contribution >= 0.6 is 22.7 Å². The number of hydrogen-bond acceptors (Lipinski definition) is 7. The predicted molar refractivity (Wildman–Crippen MR) is 83.2 cm³/mol. The minimum Gasteiger partial charge on any atom is -0.456 e. The third kappa shape index (κ3) is 4.83. The molecule has 0 bridgehead atoms. The third-order valence-corrected chi connectivity index (χ3v) is 4.38. The number of thiophene rings is 1. The summed E-state index contributed by atoms with van der Waals surface area (Å²) in [6.07, 6.45) is 0.718. The zero-order chi connectivity index (χ0) is 15.2. The highest BCUT2D eigenvalue weighted by Crippen LogP contribution is 2.29. The molecule has 2 aromatic heterocycles. The van der Waals surface area contributed by atoms with E-state index in [1.807, 2.05) is 17.5 Å². The van der Waals surface area contributed by atoms with Gasteiger partial charge in [-0.15, -0.1) is 22.7 Å². The maximum Gasteiger partial charge on any atom is 0.303 e. The van der Waals surface area contributed by atoms with E-state index in [2.05, 4.69) is 15.0 Å². The molecule has 2 heterocycles. The number of esters is 1. The lowest BCUT2D eigenvalue weighted by molar-refractivity contribution is -0.146. The fraction of sp³-hybridized carbons (Fsp3) is 0.308. The number of nitrogens with zero attached hydrogens (tertiary/aromatic N) is 1. The number of nitrogens with one attached hydrogen (secondary N) is 1. The van der Waals surface area contributed by atoms with Crippen molar-refractivity contribution in [1.29, 1.82) is 0 Å². The first-order valence-electron chi connectivity index (χ1n) is 6.25. The number of thiazole rings is 1. The van der Waals surface area contributed by atoms with E-state index >= 15 is 0 Å². The Balaban J connectivity index is 1.78. The number of nitrogen functional groups attached to an aromatic ring is 1. The molecule has 112 valence electrons. The summed E-state index contributed by atoms with van der Waals surface area (Å²) in [6.45, 7) is 1.54. The molecule has 0 aliphatic carbocycles. The zero-order valence-electron chi connectivity index (χ0n) is 11.4. The molecule has 8 heteroatoms. The molecule has 0 saturated carbocycles. The number of ether oxygens (including phenoxy) is 1. The van der Waals surface area contributed by atoms with Crippen molar-refractivity contribution in [3.63, 3.8) is 0 Å². The van der Waals surface area contributed by atoms with Crippen LogP contribution in [0.1, 0.15) is 11.8 Å². The van der Waals surface area contributed by atoms with Gasteiger partial charge in [0.2, 0.25) is 0 Å². The molecule has 2 aromatic rings. The number of aromatic nitrogens is 1. The van der Waals surface area contributed by atoms with E-state index in [1.165, 1.54) is 18.3 Å². The average Bonchev–Trinajstić information content (AvgIpc) is 3.05. The number of nitrogens with two attached hydrogens (primary N) is 1. The van der Waals surface area contributed by atoms with Gasteiger partial charge in [0.15, 0.2) is 11.7 Å². The second-order valence-electron chi connectivity index (χ2n) is 4.22. The van der Waals surface area contributed by atoms with Gasteiger partial charge in [0, 0.05) is 23.7 Å². The highest BCUT2D eigenvalue weighted by Gasteiger charge is 2.07. The Morgan fingerprint density at radius 3 is 2.90 bits per heavy atom. The summed E-state index contributed by atoms with van der Waals surface area (Å²) < 4.78 is 4.60. The van der Waals surface area contributed by atoms with Crippen molar-refractivity contribution in [3.05, 3.63) is 22.4 Å². The maximum atomic E-state index is 11.4. The summed E-state index contributed by atoms with van der Waals surface area (Å²) in [4.78, 5) is 28.4. The van der Waals surface area contributed by atoms with Gasteiger partial charge in [-0.3, -0.25) is 9.59 Å². The molecule has 0 aromatic carbocycles. The van der Waals surface area contributed by atoms with Crippen LogP contribution < -0.4 is 11.1 Å². The molecule has 0 radical (unpaired) electrons. The molecular formula is C13H15N3O3S2. The van der Waals surface area contributed by atoms with Gasteiger partial charge < -0.3 is 15.8 Å². The summed E-state index contributed by atoms with van der Waals surface area (Å²) in [5.41, 5.74) is 6.50. The molecule has 0 aliphatic heterocycles. The molecule has 6 nitrogen and oxygen atoms in total. The largest absolute Gasteiger partial charge is 0.456 e. The second-order valence-corrected chi connectivity index (χ2v) is 6.28. The number of carbonyl (C=O) groups excluding carboxylic acids is 2. The predicted octanol–water partition coefficient (Wildman–Crippen LogP) is 1.68. The molecule has 2 rings (SSSR count). The van der Waals surface area contributed by atoms with E-state index < -0.39 is 5.97 Å². The van der Waals surface area contributed by atoms with Crippen LogP contribution in [0.2, 0.25) is 0 Å². The van der Waals surface area contributed by atoms with Crippen molar-refractivity contribution >= 4 is 39.7 Å². The van der Waals surface area contributed by atoms with Crippen LogP contribution in [0.4, 0.5) is 5.13 Å². The number of carbonyl (C=O) groups is 2. The molecule has 0 fully saturated rings. The van der Waals surface area contributed by atoms with Gasteiger partial charge in [0.05, 0.1) is 10.6 Å². The Morgan fingerprint density at radius 1 is 1.43 bits per heavy atom. The van der Waals surface area contributed by atoms with Gasteiger partial charge in [-0.2, -0.15) is 0 Å². The average molecular weight is 325 g/mol. The summed E-state index contributed by atoms with van der Waals surface area (Å²) >= 11 is 3.03. The van der Waals surface area contributed by atoms with Crippen LogP contribution in [0.25, 0.3) is 10.6 Å². The number of hydrogen-bond donors (Lipinski definition) is 2. The summed E-state index contributed by atoms with van der Waals surface area (Å²) in [5, 5.41) is 5.17. The molecule has 3 N–H and O–H groups in total. The van der Waals surface area contributed by atoms with Crippen molar-refractivity contribution in [2.24, 2.45) is 0 Å². The van der Waals surface area contributed by atoms with Crippen LogP contribution in [0, 0.1) is 0 Å². The first-order valence-corrected chi connectivity index (χ1v) is 7.94. The first-order chi connectivity index (χ1) is 10.0. The Morgan fingerprint density at radius 2 is 2.24 bits per heavy atom. The van der Waals surface area contributed by atoms with Gasteiger partial charge in [-0.05, 0) is 18.6 Å². The Hall–Kier alpha value is -1.93. The SMILES string of the molecule is CC(=O)OCC(=O)NCCc1ccc(-c2csc(N)n2)s1. The fourth-order valence-electron chi connectivity index (χ4n) is 1.59. The molecular weight excluding hydrogens is 310 g/mol. The number of rotatable bonds is 6. The Bertz CT molecular complexity index is 636. The summed E-state index contributed by atoms with van der Waals surface area (Å²) in [6, 6.07) is 4.00. The van der Waals surface area contributed by atoms with Crippen LogP contribution in [0.3, 0.4) is 0 Å². The van der Waals surface area contributed by atoms with Gasteiger partial charge in [-0.1, -0.05) is 0 Å². The molecule has 0 aliphatic rings. The normalized spacial score (nSPS) is 10.3. The lowest BCUT2D eigenvalue weighted by Crippen LogP contribution is -2.29. The standard InChI is InChI=1S/C13H15N3O3S2/c1-8(17)19-6-12(18)15-5-4-9-2-3-11(21-9)10-7-20-13(14)16-10/h2-3,7H,4-6H2,1H3,(H2,14,16)(H,15,18). The minimum absolute atomic E-state index is 0.233. The molecule has 0 saturated heterocycles. The summed E-state index contributed by atoms with van der Waals surface area (Å²) in [7, 11) is 0. The van der Waals surface area contributed by atoms with E-state index in [-0.39, 0.29) is 12.5 Å². The van der Waals surface area contributed by atoms with Gasteiger partial charge in [-0.25, -0.2) is 4.98 Å². The van der Waals surface area contributed by atoms with Crippen LogP contribution in [-0.2, 0) is 20.7 Å². The molecule has 0 spiro atoms. The van der Waals surface area contributed by atoms with Crippen LogP contribution in [-0.4, -0.2) is 30.0 Å². The van der Waals surface area contributed by atoms with Crippen molar-refractivity contribution in [1.82, 2.24) is 10.3 Å². The van der Waals surface area contributed by atoms with Crippen molar-refractivity contribution in [2.45, 2.75) is 13.3 Å². The topological polar surface area (TPSA) is 94.3 Å². The number of anilines is 1. The van der Waals surface area contributed by atoms with Gasteiger partial charge in [0.25, 0.3) is 5.91 Å². The van der Waals surface area contributed by atoms with Crippen LogP contribution in [0.5, 0.6) is 0 Å². The second kappa shape index (κ2) is 7.19. The van der Waals surface area contributed by atoms with E-state index in [0.717, 1.165) is 21.9 Å². The van der Waals surface area contributed by atoms with E-state index in [9.17, 15) is 9.59 Å². The van der Waals surface area contributed by atoms with Gasteiger partial charge in [0.1, 0.15) is 0 Å². The molecule has 0 unspecified atom stereocenters. The lowest BCUT2D eigenvalue weighted by atomic mass is 10.3. The molecule has 1 amide bonds. The first kappa shape index (κ1) is 15.5. The third-order valence-electron chi connectivity index (χ3n) is 2.54. The minimum atomic E-state index is -0.462. The summed E-state index contributed by atoms with van der Waals surface area (Å²) in [5.74, 6) is -0.759. The smallest absolute Gasteiger partial charge is 0.303 e. The Labute approximate surface area is 130 Å². The Kier molecular flexibility index (Phi) is 5.29. The number of amides is 1. The maximum absolute atomic E-state index is 11.4. The fourth-order valence-corrected chi connectivity index (χ4v) is 3.20. The van der Waals surface area contributed by atoms with Gasteiger partial charge >= 0.3 is 5.97 Å². The quantitative estimate of drug-likeness (QED) is 0.788. The van der Waals surface area contributed by atoms with E-state index in [4.69, 9.17) is 5.73 Å². The molecule has 21 heavy (non-hydrogen) atoms. The lowest BCUT2D eigenvalue weighted by Gasteiger charge is -2.04. The molecule has 0 atom stereocenters. The zero-order valence-corrected chi connectivity index (χ0v) is 13.1. The van der Waals surface area contributed by atoms with Crippen molar-refractivity contribution in [2.75, 3.05) is 18.9 Å². The van der Waals surface area contributed by atoms with E-state index in [0.29, 0.717) is 11.7 Å². The van der Waals surface area contributed by atoms with E-state index in [1.54, 1.807) is 11.3 Å².